The van der Waals surface area contributed by atoms with E-state index in [1.807, 2.05) is 36.9 Å². The molecular weight excluding hydrogens is 508 g/mol. The van der Waals surface area contributed by atoms with Gasteiger partial charge >= 0.3 is 0 Å². The summed E-state index contributed by atoms with van der Waals surface area (Å²) in [7, 11) is -3.56. The summed E-state index contributed by atoms with van der Waals surface area (Å²) < 4.78 is 34.8. The molecule has 2 fully saturated rings. The number of hydrogen-bond donors (Lipinski definition) is 0. The SMILES string of the molecule is CCOc1ccc2nc(N3CCN(C(=O)c4ccc(S(=O)(=O)N5CCCCC5CC)cc4)CC3)sc2c1. The molecule has 1 atom stereocenters. The van der Waals surface area contributed by atoms with Gasteiger partial charge in [-0.15, -0.1) is 0 Å². The molecule has 2 aromatic carbocycles. The maximum Gasteiger partial charge on any atom is 0.253 e. The minimum atomic E-state index is -3.56. The van der Waals surface area contributed by atoms with E-state index in [9.17, 15) is 13.2 Å². The van der Waals surface area contributed by atoms with E-state index in [4.69, 9.17) is 9.72 Å². The zero-order chi connectivity index (χ0) is 26.0. The number of hydrogen-bond acceptors (Lipinski definition) is 7. The Morgan fingerprint density at radius 1 is 1.03 bits per heavy atom. The van der Waals surface area contributed by atoms with Crippen molar-refractivity contribution in [3.8, 4) is 5.75 Å². The molecule has 1 unspecified atom stereocenters. The molecule has 2 aliphatic heterocycles. The second-order valence-corrected chi connectivity index (χ2v) is 12.4. The molecule has 0 radical (unpaired) electrons. The number of carbonyl (C=O) groups excluding carboxylic acids is 1. The number of thiazole rings is 1. The Balaban J connectivity index is 1.22. The number of fused-ring (bicyclic) bond motifs is 1. The fourth-order valence-corrected chi connectivity index (χ4v) is 7.98. The van der Waals surface area contributed by atoms with Crippen LogP contribution in [0.3, 0.4) is 0 Å². The molecule has 0 aliphatic carbocycles. The van der Waals surface area contributed by atoms with Gasteiger partial charge in [0, 0.05) is 44.3 Å². The average Bonchev–Trinajstić information content (AvgIpc) is 3.36. The number of piperazine rings is 1. The molecule has 2 saturated heterocycles. The lowest BCUT2D eigenvalue weighted by atomic mass is 10.0. The van der Waals surface area contributed by atoms with Crippen LogP contribution in [0.1, 0.15) is 49.9 Å². The molecule has 3 heterocycles. The Morgan fingerprint density at radius 2 is 1.78 bits per heavy atom. The van der Waals surface area contributed by atoms with Gasteiger partial charge in [-0.3, -0.25) is 4.79 Å². The maximum absolute atomic E-state index is 13.2. The van der Waals surface area contributed by atoms with Crippen molar-refractivity contribution in [1.82, 2.24) is 14.2 Å². The topological polar surface area (TPSA) is 83.0 Å². The predicted octanol–water partition coefficient (Wildman–Crippen LogP) is 4.61. The van der Waals surface area contributed by atoms with E-state index in [1.54, 1.807) is 39.9 Å². The van der Waals surface area contributed by atoms with Gasteiger partial charge in [0.05, 0.1) is 21.7 Å². The van der Waals surface area contributed by atoms with Crippen LogP contribution in [0.25, 0.3) is 10.2 Å². The summed E-state index contributed by atoms with van der Waals surface area (Å²) in [5, 5.41) is 0.952. The van der Waals surface area contributed by atoms with Crippen LogP contribution in [0.4, 0.5) is 5.13 Å². The molecule has 0 N–H and O–H groups in total. The van der Waals surface area contributed by atoms with Crippen molar-refractivity contribution in [3.05, 3.63) is 48.0 Å². The Kier molecular flexibility index (Phi) is 7.69. The first-order chi connectivity index (χ1) is 17.9. The highest BCUT2D eigenvalue weighted by Gasteiger charge is 2.32. The number of amides is 1. The molecule has 0 saturated carbocycles. The monoisotopic (exact) mass is 542 g/mol. The van der Waals surface area contributed by atoms with Crippen molar-refractivity contribution in [2.75, 3.05) is 44.2 Å². The second kappa shape index (κ2) is 11.0. The van der Waals surface area contributed by atoms with Crippen LogP contribution in [-0.4, -0.2) is 73.9 Å². The molecule has 1 amide bonds. The summed E-state index contributed by atoms with van der Waals surface area (Å²) in [6.07, 6.45) is 3.68. The van der Waals surface area contributed by atoms with Crippen molar-refractivity contribution in [1.29, 1.82) is 0 Å². The van der Waals surface area contributed by atoms with Crippen LogP contribution in [0.2, 0.25) is 0 Å². The molecular formula is C27H34N4O4S2. The lowest BCUT2D eigenvalue weighted by Gasteiger charge is -2.35. The fourth-order valence-electron chi connectivity index (χ4n) is 5.17. The quantitative estimate of drug-likeness (QED) is 0.434. The zero-order valence-electron chi connectivity index (χ0n) is 21.4. The number of aromatic nitrogens is 1. The van der Waals surface area contributed by atoms with Crippen molar-refractivity contribution >= 4 is 42.6 Å². The number of sulfonamides is 1. The van der Waals surface area contributed by atoms with Gasteiger partial charge < -0.3 is 14.5 Å². The lowest BCUT2D eigenvalue weighted by Crippen LogP contribution is -2.48. The molecule has 0 bridgehead atoms. The third kappa shape index (κ3) is 5.32. The number of piperidine rings is 1. The molecule has 1 aromatic heterocycles. The second-order valence-electron chi connectivity index (χ2n) is 9.54. The number of anilines is 1. The standard InChI is InChI=1S/C27H34N4O4S2/c1-3-21-7-5-6-14-31(21)37(33,34)23-11-8-20(9-12-23)26(32)29-15-17-30(18-16-29)27-28-24-13-10-22(35-4-2)19-25(24)36-27/h8-13,19,21H,3-7,14-18H2,1-2H3. The molecule has 0 spiro atoms. The lowest BCUT2D eigenvalue weighted by molar-refractivity contribution is 0.0746. The first-order valence-electron chi connectivity index (χ1n) is 13.1. The maximum atomic E-state index is 13.2. The van der Waals surface area contributed by atoms with Gasteiger partial charge in [0.2, 0.25) is 10.0 Å². The van der Waals surface area contributed by atoms with Crippen molar-refractivity contribution in [2.24, 2.45) is 0 Å². The van der Waals surface area contributed by atoms with Gasteiger partial charge in [0.1, 0.15) is 5.75 Å². The molecule has 2 aliphatic rings. The van der Waals surface area contributed by atoms with Gasteiger partial charge in [0.25, 0.3) is 5.91 Å². The summed E-state index contributed by atoms with van der Waals surface area (Å²) in [5.74, 6) is 0.777. The van der Waals surface area contributed by atoms with E-state index in [2.05, 4.69) is 4.90 Å². The Morgan fingerprint density at radius 3 is 2.49 bits per heavy atom. The Bertz CT molecular complexity index is 1350. The van der Waals surface area contributed by atoms with Crippen LogP contribution >= 0.6 is 11.3 Å². The van der Waals surface area contributed by atoms with Crippen molar-refractivity contribution < 1.29 is 17.9 Å². The zero-order valence-corrected chi connectivity index (χ0v) is 23.1. The third-order valence-corrected chi connectivity index (χ3v) is 10.3. The van der Waals surface area contributed by atoms with Gasteiger partial charge in [-0.1, -0.05) is 24.7 Å². The van der Waals surface area contributed by atoms with Crippen molar-refractivity contribution in [3.63, 3.8) is 0 Å². The molecule has 37 heavy (non-hydrogen) atoms. The minimum Gasteiger partial charge on any atom is -0.494 e. The molecule has 8 nitrogen and oxygen atoms in total. The number of nitrogens with zero attached hydrogens (tertiary/aromatic N) is 4. The summed E-state index contributed by atoms with van der Waals surface area (Å²) >= 11 is 1.64. The van der Waals surface area contributed by atoms with Gasteiger partial charge in [-0.05, 0) is 68.7 Å². The Labute approximate surface area is 222 Å². The van der Waals surface area contributed by atoms with Gasteiger partial charge in [0.15, 0.2) is 5.13 Å². The van der Waals surface area contributed by atoms with Gasteiger partial charge in [-0.2, -0.15) is 4.31 Å². The molecule has 5 rings (SSSR count). The number of carbonyl (C=O) groups is 1. The fraction of sp³-hybridized carbons (Fsp3) is 0.481. The van der Waals surface area contributed by atoms with Crippen LogP contribution in [0.15, 0.2) is 47.4 Å². The molecule has 3 aromatic rings. The van der Waals surface area contributed by atoms with E-state index in [1.165, 1.54) is 0 Å². The normalized spacial score (nSPS) is 19.4. The van der Waals surface area contributed by atoms with E-state index in [0.29, 0.717) is 44.9 Å². The van der Waals surface area contributed by atoms with Crippen LogP contribution < -0.4 is 9.64 Å². The smallest absolute Gasteiger partial charge is 0.253 e. The largest absolute Gasteiger partial charge is 0.494 e. The predicted molar refractivity (Wildman–Crippen MR) is 147 cm³/mol. The first kappa shape index (κ1) is 25.9. The van der Waals surface area contributed by atoms with E-state index in [-0.39, 0.29) is 16.8 Å². The highest BCUT2D eigenvalue weighted by molar-refractivity contribution is 7.89. The van der Waals surface area contributed by atoms with Crippen LogP contribution in [0.5, 0.6) is 5.75 Å². The number of ether oxygens (including phenoxy) is 1. The highest BCUT2D eigenvalue weighted by atomic mass is 32.2. The highest BCUT2D eigenvalue weighted by Crippen LogP contribution is 2.32. The minimum absolute atomic E-state index is 0.0542. The molecule has 198 valence electrons. The van der Waals surface area contributed by atoms with E-state index in [0.717, 1.165) is 46.8 Å². The van der Waals surface area contributed by atoms with Gasteiger partial charge in [-0.25, -0.2) is 13.4 Å². The summed E-state index contributed by atoms with van der Waals surface area (Å²) in [6, 6.07) is 12.5. The van der Waals surface area contributed by atoms with E-state index < -0.39 is 10.0 Å². The molecule has 10 heteroatoms. The summed E-state index contributed by atoms with van der Waals surface area (Å²) in [5.41, 5.74) is 1.47. The van der Waals surface area contributed by atoms with Crippen molar-refractivity contribution in [2.45, 2.75) is 50.5 Å². The number of benzene rings is 2. The summed E-state index contributed by atoms with van der Waals surface area (Å²) in [4.78, 5) is 22.2. The van der Waals surface area contributed by atoms with Crippen LogP contribution in [-0.2, 0) is 10.0 Å². The van der Waals surface area contributed by atoms with Crippen LogP contribution in [0, 0.1) is 0 Å². The Hall–Kier alpha value is -2.69. The summed E-state index contributed by atoms with van der Waals surface area (Å²) in [6.45, 7) is 7.77. The first-order valence-corrected chi connectivity index (χ1v) is 15.4. The number of rotatable bonds is 7. The average molecular weight is 543 g/mol. The third-order valence-electron chi connectivity index (χ3n) is 7.25. The van der Waals surface area contributed by atoms with E-state index >= 15 is 0 Å².